The van der Waals surface area contributed by atoms with Crippen molar-refractivity contribution in [3.63, 3.8) is 0 Å². The third-order valence-corrected chi connectivity index (χ3v) is 4.47. The van der Waals surface area contributed by atoms with Gasteiger partial charge in [0.25, 0.3) is 10.0 Å². The average Bonchev–Trinajstić information content (AvgIpc) is 2.46. The van der Waals surface area contributed by atoms with E-state index in [9.17, 15) is 12.8 Å². The maximum Gasteiger partial charge on any atom is 0.276 e. The van der Waals surface area contributed by atoms with Gasteiger partial charge in [0.2, 0.25) is 0 Å². The summed E-state index contributed by atoms with van der Waals surface area (Å²) in [5, 5.41) is 3.75. The Morgan fingerprint density at radius 3 is 2.38 bits per heavy atom. The average molecular weight is 371 g/mol. The van der Waals surface area contributed by atoms with Crippen molar-refractivity contribution < 1.29 is 12.8 Å². The molecule has 0 aliphatic heterocycles. The van der Waals surface area contributed by atoms with E-state index in [0.29, 0.717) is 0 Å². The van der Waals surface area contributed by atoms with Crippen LogP contribution in [0.3, 0.4) is 0 Å². The van der Waals surface area contributed by atoms with Crippen molar-refractivity contribution in [3.8, 4) is 0 Å². The quantitative estimate of drug-likeness (QED) is 0.662. The van der Waals surface area contributed by atoms with Gasteiger partial charge in [-0.25, -0.2) is 4.39 Å². The van der Waals surface area contributed by atoms with Gasteiger partial charge < -0.3 is 0 Å². The molecule has 0 atom stereocenters. The van der Waals surface area contributed by atoms with Crippen molar-refractivity contribution in [2.45, 2.75) is 11.8 Å². The van der Waals surface area contributed by atoms with Crippen LogP contribution < -0.4 is 4.83 Å². The SMILES string of the molecule is CC(=NNS(=O)(=O)c1ccc(Br)cc1)c1ccccc1F. The van der Waals surface area contributed by atoms with Gasteiger partial charge in [-0.2, -0.15) is 18.4 Å². The number of halogens is 2. The second kappa shape index (κ2) is 6.36. The first-order chi connectivity index (χ1) is 9.90. The summed E-state index contributed by atoms with van der Waals surface area (Å²) in [5.74, 6) is -0.457. The largest absolute Gasteiger partial charge is 0.276 e. The summed E-state index contributed by atoms with van der Waals surface area (Å²) in [6.45, 7) is 1.53. The maximum atomic E-state index is 13.6. The molecule has 0 unspecified atom stereocenters. The number of rotatable bonds is 4. The molecule has 0 spiro atoms. The summed E-state index contributed by atoms with van der Waals surface area (Å²) >= 11 is 3.23. The second-order valence-corrected chi connectivity index (χ2v) is 6.80. The minimum Gasteiger partial charge on any atom is -0.206 e. The standard InChI is InChI=1S/C14H12BrFN2O2S/c1-10(13-4-2-3-5-14(13)16)17-18-21(19,20)12-8-6-11(15)7-9-12/h2-9,18H,1H3. The van der Waals surface area contributed by atoms with Crippen LogP contribution in [0, 0.1) is 5.82 Å². The summed E-state index contributed by atoms with van der Waals surface area (Å²) in [6.07, 6.45) is 0. The Morgan fingerprint density at radius 1 is 1.14 bits per heavy atom. The van der Waals surface area contributed by atoms with E-state index < -0.39 is 15.8 Å². The van der Waals surface area contributed by atoms with Crippen molar-refractivity contribution in [2.75, 3.05) is 0 Å². The van der Waals surface area contributed by atoms with E-state index in [1.54, 1.807) is 24.3 Å². The molecule has 1 N–H and O–H groups in total. The van der Waals surface area contributed by atoms with Crippen molar-refractivity contribution >= 4 is 31.7 Å². The third kappa shape index (κ3) is 3.89. The molecule has 0 fully saturated rings. The van der Waals surface area contributed by atoms with Crippen LogP contribution in [0.2, 0.25) is 0 Å². The van der Waals surface area contributed by atoms with Gasteiger partial charge in [-0.3, -0.25) is 0 Å². The molecule has 0 saturated carbocycles. The predicted octanol–water partition coefficient (Wildman–Crippen LogP) is 3.29. The van der Waals surface area contributed by atoms with Crippen LogP contribution in [0.1, 0.15) is 12.5 Å². The van der Waals surface area contributed by atoms with Crippen LogP contribution in [0.15, 0.2) is 63.0 Å². The molecule has 0 aromatic heterocycles. The van der Waals surface area contributed by atoms with Gasteiger partial charge in [-0.05, 0) is 37.3 Å². The van der Waals surface area contributed by atoms with Crippen LogP contribution in [0.25, 0.3) is 0 Å². The minimum atomic E-state index is -3.77. The Hall–Kier alpha value is -1.73. The van der Waals surface area contributed by atoms with E-state index in [-0.39, 0.29) is 16.2 Å². The molecule has 0 amide bonds. The number of nitrogens with zero attached hydrogens (tertiary/aromatic N) is 1. The molecule has 4 nitrogen and oxygen atoms in total. The molecule has 0 aliphatic carbocycles. The molecule has 21 heavy (non-hydrogen) atoms. The molecule has 0 bridgehead atoms. The monoisotopic (exact) mass is 370 g/mol. The number of nitrogens with one attached hydrogen (secondary N) is 1. The van der Waals surface area contributed by atoms with Crippen LogP contribution in [0.5, 0.6) is 0 Å². The van der Waals surface area contributed by atoms with E-state index in [4.69, 9.17) is 0 Å². The lowest BCUT2D eigenvalue weighted by atomic mass is 10.1. The van der Waals surface area contributed by atoms with E-state index >= 15 is 0 Å². The number of benzene rings is 2. The zero-order chi connectivity index (χ0) is 15.5. The highest BCUT2D eigenvalue weighted by molar-refractivity contribution is 9.10. The minimum absolute atomic E-state index is 0.0794. The molecule has 2 aromatic rings. The molecule has 110 valence electrons. The zero-order valence-corrected chi connectivity index (χ0v) is 13.4. The van der Waals surface area contributed by atoms with Crippen molar-refractivity contribution in [3.05, 3.63) is 64.4 Å². The Bertz CT molecular complexity index is 774. The van der Waals surface area contributed by atoms with E-state index in [1.165, 1.54) is 31.2 Å². The lowest BCUT2D eigenvalue weighted by Gasteiger charge is -2.06. The van der Waals surface area contributed by atoms with E-state index in [1.807, 2.05) is 0 Å². The summed E-state index contributed by atoms with van der Waals surface area (Å²) in [6, 6.07) is 12.1. The molecule has 7 heteroatoms. The first-order valence-corrected chi connectivity index (χ1v) is 8.24. The molecule has 0 aliphatic rings. The topological polar surface area (TPSA) is 58.5 Å². The summed E-state index contributed by atoms with van der Waals surface area (Å²) < 4.78 is 38.4. The predicted molar refractivity (Wildman–Crippen MR) is 83.1 cm³/mol. The van der Waals surface area contributed by atoms with Gasteiger partial charge in [0.15, 0.2) is 0 Å². The molecule has 2 aromatic carbocycles. The van der Waals surface area contributed by atoms with Crippen LogP contribution in [0.4, 0.5) is 4.39 Å². The first-order valence-electron chi connectivity index (χ1n) is 5.97. The van der Waals surface area contributed by atoms with Gasteiger partial charge in [-0.15, -0.1) is 0 Å². The van der Waals surface area contributed by atoms with E-state index in [2.05, 4.69) is 25.9 Å². The number of hydrogen-bond donors (Lipinski definition) is 1. The number of hydrazone groups is 1. The van der Waals surface area contributed by atoms with Crippen LogP contribution in [-0.2, 0) is 10.0 Å². The number of hydrogen-bond acceptors (Lipinski definition) is 3. The van der Waals surface area contributed by atoms with Crippen LogP contribution in [-0.4, -0.2) is 14.1 Å². The highest BCUT2D eigenvalue weighted by Crippen LogP contribution is 2.14. The Labute approximate surface area is 130 Å². The number of sulfonamides is 1. The summed E-state index contributed by atoms with van der Waals surface area (Å²) in [5.41, 5.74) is 0.491. The van der Waals surface area contributed by atoms with Crippen molar-refractivity contribution in [2.24, 2.45) is 5.10 Å². The zero-order valence-electron chi connectivity index (χ0n) is 11.0. The Kier molecular flexibility index (Phi) is 4.74. The highest BCUT2D eigenvalue weighted by atomic mass is 79.9. The normalized spacial score (nSPS) is 12.2. The smallest absolute Gasteiger partial charge is 0.206 e. The highest BCUT2D eigenvalue weighted by Gasteiger charge is 2.13. The molecular weight excluding hydrogens is 359 g/mol. The first kappa shape index (κ1) is 15.7. The molecule has 0 heterocycles. The fourth-order valence-electron chi connectivity index (χ4n) is 1.61. The van der Waals surface area contributed by atoms with Gasteiger partial charge in [0.05, 0.1) is 10.6 Å². The molecular formula is C14H12BrFN2O2S. The Morgan fingerprint density at radius 2 is 1.76 bits per heavy atom. The van der Waals surface area contributed by atoms with Gasteiger partial charge in [-0.1, -0.05) is 34.1 Å². The summed E-state index contributed by atoms with van der Waals surface area (Å²) in [7, 11) is -3.77. The third-order valence-electron chi connectivity index (χ3n) is 2.72. The van der Waals surface area contributed by atoms with Crippen LogP contribution >= 0.6 is 15.9 Å². The fraction of sp³-hybridized carbons (Fsp3) is 0.0714. The van der Waals surface area contributed by atoms with Gasteiger partial charge in [0.1, 0.15) is 5.82 Å². The van der Waals surface area contributed by atoms with Crippen molar-refractivity contribution in [1.82, 2.24) is 4.83 Å². The summed E-state index contributed by atoms with van der Waals surface area (Å²) in [4.78, 5) is 2.18. The Balaban J connectivity index is 2.23. The lowest BCUT2D eigenvalue weighted by Crippen LogP contribution is -2.20. The maximum absolute atomic E-state index is 13.6. The molecule has 0 radical (unpaired) electrons. The second-order valence-electron chi connectivity index (χ2n) is 4.23. The molecule has 0 saturated heterocycles. The van der Waals surface area contributed by atoms with Gasteiger partial charge in [0, 0.05) is 10.0 Å². The van der Waals surface area contributed by atoms with Crippen molar-refractivity contribution in [1.29, 1.82) is 0 Å². The van der Waals surface area contributed by atoms with Gasteiger partial charge >= 0.3 is 0 Å². The lowest BCUT2D eigenvalue weighted by molar-refractivity contribution is 0.584. The molecule has 2 rings (SSSR count). The van der Waals surface area contributed by atoms with E-state index in [0.717, 1.165) is 4.47 Å². The fourth-order valence-corrected chi connectivity index (χ4v) is 2.73.